The third kappa shape index (κ3) is 7.89. The van der Waals surface area contributed by atoms with E-state index in [0.29, 0.717) is 0 Å². The van der Waals surface area contributed by atoms with Gasteiger partial charge >= 0.3 is 0 Å². The van der Waals surface area contributed by atoms with Crippen molar-refractivity contribution in [3.63, 3.8) is 0 Å². The fourth-order valence-corrected chi connectivity index (χ4v) is 2.67. The predicted octanol–water partition coefficient (Wildman–Crippen LogP) is 10.7. The minimum atomic E-state index is 1.34. The van der Waals surface area contributed by atoms with Crippen LogP contribution in [0.3, 0.4) is 0 Å². The lowest BCUT2D eigenvalue weighted by Crippen LogP contribution is -1.82. The maximum Gasteiger partial charge on any atom is -0.00268 e. The van der Waals surface area contributed by atoms with Crippen molar-refractivity contribution in [2.24, 2.45) is 0 Å². The van der Waals surface area contributed by atoms with Gasteiger partial charge in [0.15, 0.2) is 0 Å². The van der Waals surface area contributed by atoms with E-state index < -0.39 is 0 Å². The summed E-state index contributed by atoms with van der Waals surface area (Å²) in [4.78, 5) is 0. The minimum absolute atomic E-state index is 1.34. The molecule has 0 heteroatoms. The van der Waals surface area contributed by atoms with Gasteiger partial charge in [-0.25, -0.2) is 0 Å². The van der Waals surface area contributed by atoms with Gasteiger partial charge in [0.05, 0.1) is 0 Å². The second-order valence-corrected chi connectivity index (χ2v) is 4.29. The zero-order valence-corrected chi connectivity index (χ0v) is 20.8. The van der Waals surface area contributed by atoms with Crippen molar-refractivity contribution in [1.82, 2.24) is 0 Å². The molecule has 0 amide bonds. The van der Waals surface area contributed by atoms with E-state index >= 15 is 0 Å². The summed E-state index contributed by atoms with van der Waals surface area (Å²) in [5.74, 6) is 0. The van der Waals surface area contributed by atoms with Gasteiger partial charge in [0.25, 0.3) is 0 Å². The second kappa shape index (κ2) is 21.2. The first-order valence-electron chi connectivity index (χ1n) is 11.6. The van der Waals surface area contributed by atoms with Crippen molar-refractivity contribution in [2.75, 3.05) is 0 Å². The van der Waals surface area contributed by atoms with Gasteiger partial charge in [-0.3, -0.25) is 0 Å². The van der Waals surface area contributed by atoms with E-state index in [1.165, 1.54) is 32.3 Å². The van der Waals surface area contributed by atoms with E-state index in [2.05, 4.69) is 60.7 Å². The lowest BCUT2D eigenvalue weighted by molar-refractivity contribution is 1.50. The average Bonchev–Trinajstić information content (AvgIpc) is 2.85. The zero-order chi connectivity index (χ0) is 22.5. The predicted molar refractivity (Wildman–Crippen MR) is 138 cm³/mol. The van der Waals surface area contributed by atoms with Crippen molar-refractivity contribution < 1.29 is 0 Å². The second-order valence-electron chi connectivity index (χ2n) is 4.29. The van der Waals surface area contributed by atoms with Crippen molar-refractivity contribution >= 4 is 32.3 Å². The van der Waals surface area contributed by atoms with Crippen LogP contribution in [-0.2, 0) is 0 Å². The maximum absolute atomic E-state index is 2.21. The van der Waals surface area contributed by atoms with Crippen LogP contribution in [0.1, 0.15) is 83.1 Å². The van der Waals surface area contributed by atoms with E-state index in [-0.39, 0.29) is 0 Å². The van der Waals surface area contributed by atoms with Gasteiger partial charge in [0.1, 0.15) is 0 Å². The summed E-state index contributed by atoms with van der Waals surface area (Å²) in [6.45, 7) is 24.0. The van der Waals surface area contributed by atoms with Crippen LogP contribution >= 0.6 is 0 Å². The molecule has 0 saturated carbocycles. The maximum atomic E-state index is 2.21. The first-order chi connectivity index (χ1) is 13.9. The van der Waals surface area contributed by atoms with Gasteiger partial charge in [-0.05, 0) is 32.3 Å². The van der Waals surface area contributed by atoms with Crippen molar-refractivity contribution in [2.45, 2.75) is 83.1 Å². The Bertz CT molecular complexity index is 667. The van der Waals surface area contributed by atoms with Gasteiger partial charge in [0, 0.05) is 0 Å². The molecule has 0 bridgehead atoms. The largest absolute Gasteiger partial charge is 0.0683 e. The minimum Gasteiger partial charge on any atom is -0.0683 e. The molecule has 4 rings (SSSR count). The fraction of sp³-hybridized carbons (Fsp3) is 0.429. The molecule has 0 aliphatic rings. The van der Waals surface area contributed by atoms with Crippen molar-refractivity contribution in [3.8, 4) is 0 Å². The summed E-state index contributed by atoms with van der Waals surface area (Å²) in [5, 5.41) is 8.14. The number of benzene rings is 4. The average molecular weight is 383 g/mol. The van der Waals surface area contributed by atoms with Gasteiger partial charge in [0.2, 0.25) is 0 Å². The van der Waals surface area contributed by atoms with Crippen LogP contribution in [0.25, 0.3) is 32.3 Å². The number of hydrogen-bond acceptors (Lipinski definition) is 0. The molecule has 0 radical (unpaired) electrons. The highest BCUT2D eigenvalue weighted by Gasteiger charge is 2.05. The third-order valence-electron chi connectivity index (χ3n) is 3.39. The van der Waals surface area contributed by atoms with Gasteiger partial charge in [-0.2, -0.15) is 0 Å². The van der Waals surface area contributed by atoms with E-state index in [9.17, 15) is 0 Å². The molecule has 0 fully saturated rings. The van der Waals surface area contributed by atoms with E-state index in [0.717, 1.165) is 0 Å². The Kier molecular flexibility index (Phi) is 23.2. The van der Waals surface area contributed by atoms with Crippen molar-refractivity contribution in [3.05, 3.63) is 60.7 Å². The molecule has 0 nitrogen and oxygen atoms in total. The third-order valence-corrected chi connectivity index (χ3v) is 3.39. The summed E-state index contributed by atoms with van der Waals surface area (Å²) in [5.41, 5.74) is 0. The Morgan fingerprint density at radius 2 is 0.464 bits per heavy atom. The first kappa shape index (κ1) is 30.6. The van der Waals surface area contributed by atoms with E-state index in [1.54, 1.807) is 0 Å². The lowest BCUT2D eigenvalue weighted by Gasteiger charge is -2.09. The fourth-order valence-electron chi connectivity index (χ4n) is 2.67. The van der Waals surface area contributed by atoms with Gasteiger partial charge < -0.3 is 0 Å². The molecule has 0 N–H and O–H groups in total. The Hall–Kier alpha value is -2.08. The Morgan fingerprint density at radius 3 is 0.643 bits per heavy atom. The molecule has 0 aromatic heterocycles. The Balaban J connectivity index is -0.000000454. The molecule has 0 spiro atoms. The van der Waals surface area contributed by atoms with Gasteiger partial charge in [-0.15, -0.1) is 0 Å². The van der Waals surface area contributed by atoms with E-state index in [1.807, 2.05) is 83.1 Å². The molecule has 0 unspecified atom stereocenters. The molecule has 0 aliphatic heterocycles. The van der Waals surface area contributed by atoms with Crippen LogP contribution in [0, 0.1) is 0 Å². The lowest BCUT2D eigenvalue weighted by atomic mass is 9.95. The molecule has 4 aromatic rings. The summed E-state index contributed by atoms with van der Waals surface area (Å²) in [6.07, 6.45) is 0. The summed E-state index contributed by atoms with van der Waals surface area (Å²) < 4.78 is 0. The SMILES string of the molecule is CC.CC.CC.CC.CC.CC.c1cc2ccc3cccc4ccc(c1)c2c34. The van der Waals surface area contributed by atoms with Crippen LogP contribution < -0.4 is 0 Å². The monoisotopic (exact) mass is 382 g/mol. The molecule has 0 atom stereocenters. The molecule has 0 heterocycles. The molecule has 4 aromatic carbocycles. The quantitative estimate of drug-likeness (QED) is 0.265. The summed E-state index contributed by atoms with van der Waals surface area (Å²) in [6, 6.07) is 21.9. The molecule has 0 saturated heterocycles. The van der Waals surface area contributed by atoms with Crippen LogP contribution in [0.2, 0.25) is 0 Å². The van der Waals surface area contributed by atoms with Crippen LogP contribution in [0.4, 0.5) is 0 Å². The number of rotatable bonds is 0. The highest BCUT2D eigenvalue weighted by atomic mass is 14.1. The normalized spacial score (nSPS) is 8.00. The summed E-state index contributed by atoms with van der Waals surface area (Å²) >= 11 is 0. The molecule has 0 aliphatic carbocycles. The van der Waals surface area contributed by atoms with Gasteiger partial charge in [-0.1, -0.05) is 144 Å². The molecular weight excluding hydrogens is 336 g/mol. The molecular formula is C28H46. The Labute approximate surface area is 176 Å². The van der Waals surface area contributed by atoms with E-state index in [4.69, 9.17) is 0 Å². The topological polar surface area (TPSA) is 0 Å². The summed E-state index contributed by atoms with van der Waals surface area (Å²) in [7, 11) is 0. The standard InChI is InChI=1S/C16H10.6C2H6/c1-3-11-7-9-13-5-2-6-14-10-8-12(4-1)15(11)16(13)14;6*1-2/h1-10H;6*1-2H3. The molecule has 158 valence electrons. The Morgan fingerprint density at radius 1 is 0.286 bits per heavy atom. The highest BCUT2D eigenvalue weighted by molar-refractivity contribution is 6.22. The van der Waals surface area contributed by atoms with Crippen molar-refractivity contribution in [1.29, 1.82) is 0 Å². The van der Waals surface area contributed by atoms with Crippen LogP contribution in [0.15, 0.2) is 60.7 Å². The van der Waals surface area contributed by atoms with Crippen LogP contribution in [0.5, 0.6) is 0 Å². The smallest absolute Gasteiger partial charge is 0.00268 e. The molecule has 28 heavy (non-hydrogen) atoms. The zero-order valence-electron chi connectivity index (χ0n) is 20.8. The number of hydrogen-bond donors (Lipinski definition) is 0. The highest BCUT2D eigenvalue weighted by Crippen LogP contribution is 2.33. The van der Waals surface area contributed by atoms with Crippen LogP contribution in [-0.4, -0.2) is 0 Å². The first-order valence-corrected chi connectivity index (χ1v) is 11.6.